The number of rotatable bonds is 7. The van der Waals surface area contributed by atoms with Gasteiger partial charge in [-0.05, 0) is 31.1 Å². The van der Waals surface area contributed by atoms with Gasteiger partial charge in [0.05, 0.1) is 32.7 Å². The molecule has 0 aromatic heterocycles. The number of hydrogen-bond donors (Lipinski definition) is 0. The van der Waals surface area contributed by atoms with Gasteiger partial charge in [-0.15, -0.1) is 0 Å². The quantitative estimate of drug-likeness (QED) is 0.398. The van der Waals surface area contributed by atoms with Crippen LogP contribution in [0.4, 0.5) is 0 Å². The van der Waals surface area contributed by atoms with Gasteiger partial charge in [0.15, 0.2) is 8.32 Å². The fourth-order valence-corrected chi connectivity index (χ4v) is 2.02. The summed E-state index contributed by atoms with van der Waals surface area (Å²) in [5.41, 5.74) is 0. The Morgan fingerprint density at radius 3 is 2.24 bits per heavy atom. The molecule has 1 unspecified atom stereocenters. The van der Waals surface area contributed by atoms with Crippen LogP contribution < -0.4 is 0 Å². The van der Waals surface area contributed by atoms with Crippen molar-refractivity contribution in [2.45, 2.75) is 51.9 Å². The molecule has 0 aliphatic carbocycles. The molecule has 0 spiro atoms. The first-order valence-electron chi connectivity index (χ1n) is 6.16. The first-order chi connectivity index (χ1) is 7.70. The fourth-order valence-electron chi connectivity index (χ4n) is 0.992. The van der Waals surface area contributed by atoms with Gasteiger partial charge in [0, 0.05) is 0 Å². The van der Waals surface area contributed by atoms with Crippen LogP contribution in [0.5, 0.6) is 0 Å². The van der Waals surface area contributed by atoms with E-state index in [0.717, 1.165) is 0 Å². The highest BCUT2D eigenvalue weighted by Crippen LogP contribution is 2.36. The zero-order valence-corrected chi connectivity index (χ0v) is 13.4. The zero-order valence-electron chi connectivity index (χ0n) is 12.4. The van der Waals surface area contributed by atoms with Gasteiger partial charge in [0.25, 0.3) is 0 Å². The molecule has 0 radical (unpaired) electrons. The highest BCUT2D eigenvalue weighted by atomic mass is 28.4. The van der Waals surface area contributed by atoms with Crippen LogP contribution in [0.3, 0.4) is 0 Å². The molecule has 17 heavy (non-hydrogen) atoms. The average Bonchev–Trinajstić information content (AvgIpc) is 2.20. The van der Waals surface area contributed by atoms with E-state index in [0.29, 0.717) is 13.2 Å². The maximum atomic E-state index is 6.01. The predicted octanol–water partition coefficient (Wildman–Crippen LogP) is 3.57. The Kier molecular flexibility index (Phi) is 7.05. The Morgan fingerprint density at radius 1 is 1.18 bits per heavy atom. The number of hydrogen-bond acceptors (Lipinski definition) is 3. The van der Waals surface area contributed by atoms with Crippen molar-refractivity contribution >= 4 is 8.32 Å². The van der Waals surface area contributed by atoms with Crippen LogP contribution in [0, 0.1) is 0 Å². The van der Waals surface area contributed by atoms with Crippen molar-refractivity contribution in [2.24, 2.45) is 0 Å². The van der Waals surface area contributed by atoms with Gasteiger partial charge >= 0.3 is 0 Å². The van der Waals surface area contributed by atoms with Crippen LogP contribution in [0.25, 0.3) is 0 Å². The van der Waals surface area contributed by atoms with E-state index in [1.165, 1.54) is 0 Å². The third-order valence-electron chi connectivity index (χ3n) is 3.22. The van der Waals surface area contributed by atoms with Crippen molar-refractivity contribution in [3.8, 4) is 0 Å². The van der Waals surface area contributed by atoms with Gasteiger partial charge in [0.2, 0.25) is 0 Å². The van der Waals surface area contributed by atoms with Crippen LogP contribution in [0.2, 0.25) is 18.1 Å². The maximum absolute atomic E-state index is 6.01. The van der Waals surface area contributed by atoms with Crippen LogP contribution in [-0.4, -0.2) is 34.7 Å². The highest BCUT2D eigenvalue weighted by Gasteiger charge is 2.36. The minimum Gasteiger partial charge on any atom is -0.505 e. The van der Waals surface area contributed by atoms with Crippen LogP contribution in [0.1, 0.15) is 27.7 Å². The first-order valence-corrected chi connectivity index (χ1v) is 9.06. The minimum absolute atomic E-state index is 0.0676. The molecular weight excluding hydrogens is 232 g/mol. The fraction of sp³-hybridized carbons (Fsp3) is 0.846. The predicted molar refractivity (Wildman–Crippen MR) is 74.7 cm³/mol. The Bertz CT molecular complexity index is 231. The molecule has 0 heterocycles. The summed E-state index contributed by atoms with van der Waals surface area (Å²) in [6.45, 7) is 14.5. The number of methoxy groups -OCH3 is 1. The third-order valence-corrected chi connectivity index (χ3v) is 7.76. The molecule has 0 saturated heterocycles. The Labute approximate surface area is 107 Å². The lowest BCUT2D eigenvalue weighted by Gasteiger charge is -2.36. The molecule has 0 fully saturated rings. The van der Waals surface area contributed by atoms with Crippen molar-refractivity contribution in [2.75, 3.05) is 20.3 Å². The largest absolute Gasteiger partial charge is 0.505 e. The standard InChI is InChI=1S/C13H28O3Si/c1-12(8-9-14-5)15-10-11-16-17(6,7)13(2,3)4/h8-9,12H,10-11H2,1-7H3. The second-order valence-corrected chi connectivity index (χ2v) is 10.6. The van der Waals surface area contributed by atoms with Crippen LogP contribution >= 0.6 is 0 Å². The molecule has 0 bridgehead atoms. The molecule has 4 heteroatoms. The first kappa shape index (κ1) is 16.7. The summed E-state index contributed by atoms with van der Waals surface area (Å²) in [6.07, 6.45) is 3.59. The van der Waals surface area contributed by atoms with Crippen molar-refractivity contribution in [3.63, 3.8) is 0 Å². The topological polar surface area (TPSA) is 27.7 Å². The SMILES string of the molecule is COC=CC(C)OCCO[Si](C)(C)C(C)(C)C. The van der Waals surface area contributed by atoms with Gasteiger partial charge in [-0.25, -0.2) is 0 Å². The van der Waals surface area contributed by atoms with E-state index in [2.05, 4.69) is 33.9 Å². The maximum Gasteiger partial charge on any atom is 0.192 e. The number of ether oxygens (including phenoxy) is 2. The molecule has 0 aliphatic heterocycles. The molecular formula is C13H28O3Si. The zero-order chi connectivity index (χ0) is 13.5. The molecule has 0 aromatic carbocycles. The summed E-state index contributed by atoms with van der Waals surface area (Å²) < 4.78 is 16.4. The second kappa shape index (κ2) is 7.19. The summed E-state index contributed by atoms with van der Waals surface area (Å²) in [7, 11) is 0.00375. The van der Waals surface area contributed by atoms with E-state index in [-0.39, 0.29) is 11.1 Å². The van der Waals surface area contributed by atoms with Crippen molar-refractivity contribution in [1.82, 2.24) is 0 Å². The Balaban J connectivity index is 3.82. The van der Waals surface area contributed by atoms with Gasteiger partial charge in [0.1, 0.15) is 0 Å². The lowest BCUT2D eigenvalue weighted by atomic mass is 10.2. The van der Waals surface area contributed by atoms with Crippen LogP contribution in [-0.2, 0) is 13.9 Å². The third kappa shape index (κ3) is 6.86. The second-order valence-electron chi connectivity index (χ2n) is 5.75. The van der Waals surface area contributed by atoms with Gasteiger partial charge < -0.3 is 13.9 Å². The van der Waals surface area contributed by atoms with Crippen molar-refractivity contribution in [1.29, 1.82) is 0 Å². The smallest absolute Gasteiger partial charge is 0.192 e. The lowest BCUT2D eigenvalue weighted by molar-refractivity contribution is 0.0656. The van der Waals surface area contributed by atoms with Gasteiger partial charge in [-0.2, -0.15) is 0 Å². The van der Waals surface area contributed by atoms with Crippen LogP contribution in [0.15, 0.2) is 12.3 Å². The average molecular weight is 260 g/mol. The van der Waals surface area contributed by atoms with E-state index in [1.807, 2.05) is 13.0 Å². The monoisotopic (exact) mass is 260 g/mol. The normalized spacial score (nSPS) is 15.2. The molecule has 0 N–H and O–H groups in total. The molecule has 0 rings (SSSR count). The molecule has 3 nitrogen and oxygen atoms in total. The van der Waals surface area contributed by atoms with Gasteiger partial charge in [-0.3, -0.25) is 0 Å². The molecule has 0 amide bonds. The van der Waals surface area contributed by atoms with Gasteiger partial charge in [-0.1, -0.05) is 20.8 Å². The van der Waals surface area contributed by atoms with E-state index >= 15 is 0 Å². The van der Waals surface area contributed by atoms with E-state index < -0.39 is 8.32 Å². The van der Waals surface area contributed by atoms with Crippen molar-refractivity contribution < 1.29 is 13.9 Å². The Hall–Kier alpha value is -0.323. The lowest BCUT2D eigenvalue weighted by Crippen LogP contribution is -2.41. The van der Waals surface area contributed by atoms with E-state index in [4.69, 9.17) is 13.9 Å². The molecule has 102 valence electrons. The summed E-state index contributed by atoms with van der Waals surface area (Å²) in [5, 5.41) is 0.259. The summed E-state index contributed by atoms with van der Waals surface area (Å²) in [6, 6.07) is 0. The summed E-state index contributed by atoms with van der Waals surface area (Å²) in [5.74, 6) is 0. The van der Waals surface area contributed by atoms with E-state index in [1.54, 1.807) is 13.4 Å². The minimum atomic E-state index is -1.62. The molecule has 0 saturated carbocycles. The Morgan fingerprint density at radius 2 is 1.76 bits per heavy atom. The summed E-state index contributed by atoms with van der Waals surface area (Å²) in [4.78, 5) is 0. The summed E-state index contributed by atoms with van der Waals surface area (Å²) >= 11 is 0. The van der Waals surface area contributed by atoms with Crippen molar-refractivity contribution in [3.05, 3.63) is 12.3 Å². The molecule has 1 atom stereocenters. The highest BCUT2D eigenvalue weighted by molar-refractivity contribution is 6.74. The molecule has 0 aliphatic rings. The molecule has 0 aromatic rings. The van der Waals surface area contributed by atoms with E-state index in [9.17, 15) is 0 Å².